The van der Waals surface area contributed by atoms with Gasteiger partial charge in [0, 0.05) is 17.0 Å². The maximum Gasteiger partial charge on any atom is 0.260 e. The number of fused-ring (bicyclic) bond motifs is 1. The van der Waals surface area contributed by atoms with E-state index < -0.39 is 0 Å². The van der Waals surface area contributed by atoms with Crippen molar-refractivity contribution >= 4 is 56.8 Å². The number of rotatable bonds is 8. The number of benzene rings is 2. The Morgan fingerprint density at radius 3 is 2.50 bits per heavy atom. The lowest BCUT2D eigenvalue weighted by atomic mass is 10.1. The molecule has 7 heteroatoms. The van der Waals surface area contributed by atoms with Crippen molar-refractivity contribution < 1.29 is 4.79 Å². The molecule has 4 nitrogen and oxygen atoms in total. The lowest BCUT2D eigenvalue weighted by molar-refractivity contribution is 0.0986. The number of carbonyl (C=O) groups is 1. The van der Waals surface area contributed by atoms with E-state index >= 15 is 0 Å². The third-order valence-corrected chi connectivity index (χ3v) is 6.88. The highest BCUT2D eigenvalue weighted by Gasteiger charge is 2.22. The molecule has 0 saturated heterocycles. The summed E-state index contributed by atoms with van der Waals surface area (Å²) in [6, 6.07) is 12.2. The van der Waals surface area contributed by atoms with Crippen LogP contribution in [-0.2, 0) is 0 Å². The summed E-state index contributed by atoms with van der Waals surface area (Å²) in [6.45, 7) is 7.89. The van der Waals surface area contributed by atoms with Crippen LogP contribution >= 0.6 is 35.5 Å². The summed E-state index contributed by atoms with van der Waals surface area (Å²) in [6.07, 6.45) is 0.899. The zero-order valence-electron chi connectivity index (χ0n) is 18.3. The van der Waals surface area contributed by atoms with Crippen molar-refractivity contribution in [1.82, 2.24) is 9.88 Å². The average molecular weight is 464 g/mol. The summed E-state index contributed by atoms with van der Waals surface area (Å²) in [5.41, 5.74) is 4.08. The Labute approximate surface area is 194 Å². The Morgan fingerprint density at radius 2 is 1.83 bits per heavy atom. The van der Waals surface area contributed by atoms with Gasteiger partial charge in [0.15, 0.2) is 5.13 Å². The molecule has 0 radical (unpaired) electrons. The van der Waals surface area contributed by atoms with E-state index in [2.05, 4.69) is 58.0 Å². The van der Waals surface area contributed by atoms with E-state index in [1.165, 1.54) is 10.3 Å². The number of thioether (sulfide) groups is 1. The van der Waals surface area contributed by atoms with Gasteiger partial charge in [-0.3, -0.25) is 9.69 Å². The first-order valence-electron chi connectivity index (χ1n) is 9.97. The quantitative estimate of drug-likeness (QED) is 0.381. The molecule has 162 valence electrons. The second-order valence-electron chi connectivity index (χ2n) is 7.45. The summed E-state index contributed by atoms with van der Waals surface area (Å²) in [5.74, 6) is 1.01. The fraction of sp³-hybridized carbons (Fsp3) is 0.391. The highest BCUT2D eigenvalue weighted by atomic mass is 35.5. The molecule has 2 aromatic carbocycles. The van der Waals surface area contributed by atoms with Crippen molar-refractivity contribution in [1.29, 1.82) is 0 Å². The first kappa shape index (κ1) is 24.7. The summed E-state index contributed by atoms with van der Waals surface area (Å²) < 4.78 is 1.17. The molecule has 0 aliphatic carbocycles. The molecule has 0 unspecified atom stereocenters. The minimum atomic E-state index is 0. The van der Waals surface area contributed by atoms with Crippen LogP contribution in [0.25, 0.3) is 10.2 Å². The lowest BCUT2D eigenvalue weighted by Crippen LogP contribution is -2.33. The Kier molecular flexibility index (Phi) is 9.16. The van der Waals surface area contributed by atoms with Gasteiger partial charge >= 0.3 is 0 Å². The number of nitrogens with zero attached hydrogens (tertiary/aromatic N) is 3. The Balaban J connectivity index is 0.00000320. The first-order valence-corrected chi connectivity index (χ1v) is 11.8. The van der Waals surface area contributed by atoms with Crippen molar-refractivity contribution in [3.63, 3.8) is 0 Å². The minimum absolute atomic E-state index is 0. The van der Waals surface area contributed by atoms with Crippen LogP contribution < -0.4 is 4.90 Å². The maximum atomic E-state index is 13.5. The van der Waals surface area contributed by atoms with Crippen molar-refractivity contribution in [3.8, 4) is 0 Å². The highest BCUT2D eigenvalue weighted by Crippen LogP contribution is 2.34. The van der Waals surface area contributed by atoms with Crippen LogP contribution in [-0.4, -0.2) is 48.7 Å². The minimum Gasteiger partial charge on any atom is -0.309 e. The Hall–Kier alpha value is -1.60. The van der Waals surface area contributed by atoms with E-state index in [1.807, 2.05) is 23.1 Å². The van der Waals surface area contributed by atoms with Gasteiger partial charge in [-0.15, -0.1) is 24.2 Å². The van der Waals surface area contributed by atoms with Crippen LogP contribution in [0.4, 0.5) is 5.13 Å². The van der Waals surface area contributed by atoms with Gasteiger partial charge in [0.25, 0.3) is 5.91 Å². The molecular weight excluding hydrogens is 434 g/mol. The van der Waals surface area contributed by atoms with Crippen molar-refractivity contribution in [2.75, 3.05) is 37.8 Å². The summed E-state index contributed by atoms with van der Waals surface area (Å²) in [4.78, 5) is 23.5. The number of aryl methyl sites for hydroxylation is 2. The van der Waals surface area contributed by atoms with E-state index in [4.69, 9.17) is 4.98 Å². The molecule has 0 atom stereocenters. The molecule has 0 saturated carbocycles. The zero-order valence-corrected chi connectivity index (χ0v) is 20.7. The fourth-order valence-electron chi connectivity index (χ4n) is 3.23. The van der Waals surface area contributed by atoms with E-state index in [0.717, 1.165) is 45.4 Å². The molecular formula is C23H30ClN3OS2. The molecule has 0 bridgehead atoms. The number of halogens is 1. The van der Waals surface area contributed by atoms with Crippen molar-refractivity contribution in [3.05, 3.63) is 53.1 Å². The second kappa shape index (κ2) is 11.1. The maximum absolute atomic E-state index is 13.5. The van der Waals surface area contributed by atoms with E-state index in [-0.39, 0.29) is 18.3 Å². The second-order valence-corrected chi connectivity index (χ2v) is 9.76. The van der Waals surface area contributed by atoms with Crippen LogP contribution in [0, 0.1) is 13.8 Å². The molecule has 0 N–H and O–H groups in total. The number of anilines is 1. The topological polar surface area (TPSA) is 36.4 Å². The number of hydrogen-bond acceptors (Lipinski definition) is 5. The van der Waals surface area contributed by atoms with Gasteiger partial charge in [0.1, 0.15) is 0 Å². The van der Waals surface area contributed by atoms with E-state index in [0.29, 0.717) is 6.54 Å². The van der Waals surface area contributed by atoms with Crippen LogP contribution in [0.15, 0.2) is 41.3 Å². The van der Waals surface area contributed by atoms with Crippen LogP contribution in [0.2, 0.25) is 0 Å². The van der Waals surface area contributed by atoms with Gasteiger partial charge in [-0.1, -0.05) is 36.5 Å². The molecule has 3 rings (SSSR count). The van der Waals surface area contributed by atoms with Crippen LogP contribution in [0.3, 0.4) is 0 Å². The van der Waals surface area contributed by atoms with Crippen molar-refractivity contribution in [2.45, 2.75) is 32.1 Å². The zero-order chi connectivity index (χ0) is 21.0. The van der Waals surface area contributed by atoms with Gasteiger partial charge in [-0.05, 0) is 76.0 Å². The Bertz CT molecular complexity index is 964. The third-order valence-electron chi connectivity index (χ3n) is 4.79. The highest BCUT2D eigenvalue weighted by molar-refractivity contribution is 7.99. The van der Waals surface area contributed by atoms with Crippen molar-refractivity contribution in [2.24, 2.45) is 0 Å². The molecule has 0 aliphatic rings. The number of carbonyl (C=O) groups excluding carboxylic acids is 1. The van der Waals surface area contributed by atoms with E-state index in [9.17, 15) is 4.79 Å². The molecule has 0 aliphatic heterocycles. The Morgan fingerprint density at radius 1 is 1.10 bits per heavy atom. The van der Waals surface area contributed by atoms with E-state index in [1.54, 1.807) is 23.1 Å². The van der Waals surface area contributed by atoms with Gasteiger partial charge < -0.3 is 4.90 Å². The third kappa shape index (κ3) is 5.76. The normalized spacial score (nSPS) is 11.0. The molecule has 0 fully saturated rings. The molecule has 3 aromatic rings. The summed E-state index contributed by atoms with van der Waals surface area (Å²) >= 11 is 3.37. The largest absolute Gasteiger partial charge is 0.309 e. The van der Waals surface area contributed by atoms with Gasteiger partial charge in [0.2, 0.25) is 0 Å². The predicted octanol–water partition coefficient (Wildman–Crippen LogP) is 6.05. The number of hydrogen-bond donors (Lipinski definition) is 0. The predicted molar refractivity (Wildman–Crippen MR) is 134 cm³/mol. The van der Waals surface area contributed by atoms with Gasteiger partial charge in [-0.25, -0.2) is 4.98 Å². The standard InChI is InChI=1S/C23H29N3OS2.ClH/c1-6-28-19-10-7-9-18(15-19)22(27)26(14-8-13-25(4)5)23-24-20-16(2)11-12-17(3)21(20)29-23;/h7,9-12,15H,6,8,13-14H2,1-5H3;1H. The molecule has 1 amide bonds. The first-order chi connectivity index (χ1) is 13.9. The van der Waals surface area contributed by atoms with Gasteiger partial charge in [0.05, 0.1) is 10.2 Å². The van der Waals surface area contributed by atoms with Crippen LogP contribution in [0.5, 0.6) is 0 Å². The number of thiazole rings is 1. The fourth-order valence-corrected chi connectivity index (χ4v) is 5.09. The van der Waals surface area contributed by atoms with Gasteiger partial charge in [-0.2, -0.15) is 0 Å². The number of amides is 1. The number of aromatic nitrogens is 1. The average Bonchev–Trinajstić information content (AvgIpc) is 3.14. The van der Waals surface area contributed by atoms with Crippen LogP contribution in [0.1, 0.15) is 34.8 Å². The molecule has 30 heavy (non-hydrogen) atoms. The smallest absolute Gasteiger partial charge is 0.260 e. The molecule has 1 heterocycles. The summed E-state index contributed by atoms with van der Waals surface area (Å²) in [5, 5.41) is 0.787. The SMILES string of the molecule is CCSc1cccc(C(=O)N(CCCN(C)C)c2nc3c(C)ccc(C)c3s2)c1.Cl. The monoisotopic (exact) mass is 463 g/mol. The lowest BCUT2D eigenvalue weighted by Gasteiger charge is -2.21. The molecule has 1 aromatic heterocycles. The summed E-state index contributed by atoms with van der Waals surface area (Å²) in [7, 11) is 4.12. The molecule has 0 spiro atoms.